The number of ether oxygens (including phenoxy) is 2. The summed E-state index contributed by atoms with van der Waals surface area (Å²) in [4.78, 5) is 0. The SMILES string of the molecule is CC1(COc2cccc(CC3(N)CC3)c2)COC1. The summed E-state index contributed by atoms with van der Waals surface area (Å²) in [5, 5.41) is 0. The lowest BCUT2D eigenvalue weighted by atomic mass is 9.90. The van der Waals surface area contributed by atoms with E-state index < -0.39 is 0 Å². The summed E-state index contributed by atoms with van der Waals surface area (Å²) in [6, 6.07) is 8.32. The van der Waals surface area contributed by atoms with Crippen LogP contribution in [-0.4, -0.2) is 25.4 Å². The first-order valence-corrected chi connectivity index (χ1v) is 6.66. The fourth-order valence-corrected chi connectivity index (χ4v) is 2.28. The highest BCUT2D eigenvalue weighted by atomic mass is 16.5. The number of nitrogens with two attached hydrogens (primary N) is 1. The smallest absolute Gasteiger partial charge is 0.119 e. The molecule has 0 unspecified atom stereocenters. The van der Waals surface area contributed by atoms with Gasteiger partial charge in [0.15, 0.2) is 0 Å². The average Bonchev–Trinajstić information content (AvgIpc) is 3.02. The van der Waals surface area contributed by atoms with E-state index >= 15 is 0 Å². The second-order valence-corrected chi connectivity index (χ2v) is 6.28. The molecule has 1 aliphatic carbocycles. The van der Waals surface area contributed by atoms with Gasteiger partial charge in [-0.3, -0.25) is 0 Å². The first-order valence-electron chi connectivity index (χ1n) is 6.66. The van der Waals surface area contributed by atoms with Crippen molar-refractivity contribution in [2.45, 2.75) is 31.7 Å². The maximum absolute atomic E-state index is 6.15. The zero-order valence-corrected chi connectivity index (χ0v) is 10.9. The summed E-state index contributed by atoms with van der Waals surface area (Å²) in [5.41, 5.74) is 7.68. The molecule has 2 aliphatic rings. The van der Waals surface area contributed by atoms with Crippen molar-refractivity contribution in [3.8, 4) is 5.75 Å². The minimum absolute atomic E-state index is 0.0619. The summed E-state index contributed by atoms with van der Waals surface area (Å²) in [7, 11) is 0. The fraction of sp³-hybridized carbons (Fsp3) is 0.600. The molecule has 18 heavy (non-hydrogen) atoms. The summed E-state index contributed by atoms with van der Waals surface area (Å²) < 4.78 is 11.1. The predicted octanol–water partition coefficient (Wildman–Crippen LogP) is 2.14. The minimum atomic E-state index is 0.0619. The molecule has 3 rings (SSSR count). The van der Waals surface area contributed by atoms with Crippen LogP contribution in [0, 0.1) is 5.41 Å². The Kier molecular flexibility index (Phi) is 2.83. The first kappa shape index (κ1) is 12.0. The Morgan fingerprint density at radius 3 is 2.72 bits per heavy atom. The van der Waals surface area contributed by atoms with Crippen molar-refractivity contribution in [2.24, 2.45) is 11.1 Å². The molecule has 0 amide bonds. The quantitative estimate of drug-likeness (QED) is 0.867. The van der Waals surface area contributed by atoms with Gasteiger partial charge >= 0.3 is 0 Å². The summed E-state index contributed by atoms with van der Waals surface area (Å²) in [5.74, 6) is 0.949. The molecule has 1 aliphatic heterocycles. The van der Waals surface area contributed by atoms with Crippen LogP contribution in [-0.2, 0) is 11.2 Å². The van der Waals surface area contributed by atoms with Crippen LogP contribution >= 0.6 is 0 Å². The molecule has 2 N–H and O–H groups in total. The fourth-order valence-electron chi connectivity index (χ4n) is 2.28. The van der Waals surface area contributed by atoms with Crippen molar-refractivity contribution in [3.05, 3.63) is 29.8 Å². The molecule has 0 spiro atoms. The van der Waals surface area contributed by atoms with Crippen LogP contribution in [0.25, 0.3) is 0 Å². The molecule has 3 nitrogen and oxygen atoms in total. The molecule has 1 saturated heterocycles. The third-order valence-corrected chi connectivity index (χ3v) is 3.84. The molecule has 2 fully saturated rings. The Morgan fingerprint density at radius 2 is 2.11 bits per heavy atom. The van der Waals surface area contributed by atoms with E-state index in [-0.39, 0.29) is 11.0 Å². The van der Waals surface area contributed by atoms with Crippen molar-refractivity contribution in [2.75, 3.05) is 19.8 Å². The maximum atomic E-state index is 6.15. The van der Waals surface area contributed by atoms with E-state index in [1.807, 2.05) is 6.07 Å². The van der Waals surface area contributed by atoms with E-state index in [4.69, 9.17) is 15.2 Å². The highest BCUT2D eigenvalue weighted by Crippen LogP contribution is 2.36. The van der Waals surface area contributed by atoms with Crippen molar-refractivity contribution < 1.29 is 9.47 Å². The highest BCUT2D eigenvalue weighted by molar-refractivity contribution is 5.30. The second kappa shape index (κ2) is 4.25. The van der Waals surface area contributed by atoms with Gasteiger partial charge in [-0.05, 0) is 37.0 Å². The first-order chi connectivity index (χ1) is 8.57. The summed E-state index contributed by atoms with van der Waals surface area (Å²) in [6.45, 7) is 4.53. The molecule has 1 saturated carbocycles. The van der Waals surface area contributed by atoms with Gasteiger partial charge < -0.3 is 15.2 Å². The highest BCUT2D eigenvalue weighted by Gasteiger charge is 2.38. The Hall–Kier alpha value is -1.06. The van der Waals surface area contributed by atoms with Crippen LogP contribution in [0.2, 0.25) is 0 Å². The summed E-state index contributed by atoms with van der Waals surface area (Å²) in [6.07, 6.45) is 3.26. The lowest BCUT2D eigenvalue weighted by Gasteiger charge is -2.37. The number of hydrogen-bond acceptors (Lipinski definition) is 3. The van der Waals surface area contributed by atoms with Gasteiger partial charge in [-0.15, -0.1) is 0 Å². The standard InChI is InChI=1S/C15H21NO2/c1-14(9-17-10-14)11-18-13-4-2-3-12(7-13)8-15(16)5-6-15/h2-4,7H,5-6,8-11,16H2,1H3. The second-order valence-electron chi connectivity index (χ2n) is 6.28. The molecular formula is C15H21NO2. The van der Waals surface area contributed by atoms with Crippen molar-refractivity contribution in [1.29, 1.82) is 0 Å². The molecular weight excluding hydrogens is 226 g/mol. The van der Waals surface area contributed by atoms with E-state index in [1.165, 1.54) is 5.56 Å². The molecule has 0 aromatic heterocycles. The average molecular weight is 247 g/mol. The van der Waals surface area contributed by atoms with E-state index in [0.717, 1.165) is 44.8 Å². The Labute approximate surface area is 108 Å². The largest absolute Gasteiger partial charge is 0.493 e. The van der Waals surface area contributed by atoms with E-state index in [1.54, 1.807) is 0 Å². The van der Waals surface area contributed by atoms with E-state index in [0.29, 0.717) is 0 Å². The van der Waals surface area contributed by atoms with Crippen LogP contribution in [0.4, 0.5) is 0 Å². The minimum Gasteiger partial charge on any atom is -0.493 e. The predicted molar refractivity (Wildman–Crippen MR) is 70.7 cm³/mol. The van der Waals surface area contributed by atoms with Gasteiger partial charge in [0.25, 0.3) is 0 Å². The maximum Gasteiger partial charge on any atom is 0.119 e. The van der Waals surface area contributed by atoms with Crippen molar-refractivity contribution in [3.63, 3.8) is 0 Å². The number of benzene rings is 1. The Bertz CT molecular complexity index is 436. The normalized spacial score (nSPS) is 23.2. The summed E-state index contributed by atoms with van der Waals surface area (Å²) >= 11 is 0. The zero-order chi connectivity index (χ0) is 12.6. The van der Waals surface area contributed by atoms with Crippen LogP contribution in [0.5, 0.6) is 5.75 Å². The molecule has 98 valence electrons. The van der Waals surface area contributed by atoms with Gasteiger partial charge in [0.1, 0.15) is 5.75 Å². The van der Waals surface area contributed by atoms with Crippen molar-refractivity contribution >= 4 is 0 Å². The third-order valence-electron chi connectivity index (χ3n) is 3.84. The Morgan fingerprint density at radius 1 is 1.33 bits per heavy atom. The molecule has 1 heterocycles. The van der Waals surface area contributed by atoms with Gasteiger partial charge in [0, 0.05) is 11.0 Å². The van der Waals surface area contributed by atoms with Gasteiger partial charge in [-0.1, -0.05) is 19.1 Å². The van der Waals surface area contributed by atoms with Crippen LogP contribution in [0.1, 0.15) is 25.3 Å². The number of rotatable bonds is 5. The van der Waals surface area contributed by atoms with Crippen LogP contribution < -0.4 is 10.5 Å². The van der Waals surface area contributed by atoms with Crippen molar-refractivity contribution in [1.82, 2.24) is 0 Å². The van der Waals surface area contributed by atoms with Gasteiger partial charge in [-0.2, -0.15) is 0 Å². The molecule has 0 atom stereocenters. The van der Waals surface area contributed by atoms with Crippen LogP contribution in [0.15, 0.2) is 24.3 Å². The molecule has 0 bridgehead atoms. The monoisotopic (exact) mass is 247 g/mol. The number of hydrogen-bond donors (Lipinski definition) is 1. The zero-order valence-electron chi connectivity index (χ0n) is 10.9. The lowest BCUT2D eigenvalue weighted by Crippen LogP contribution is -2.44. The van der Waals surface area contributed by atoms with Gasteiger partial charge in [-0.25, -0.2) is 0 Å². The molecule has 0 radical (unpaired) electrons. The van der Waals surface area contributed by atoms with E-state index in [2.05, 4.69) is 25.1 Å². The topological polar surface area (TPSA) is 44.5 Å². The van der Waals surface area contributed by atoms with Gasteiger partial charge in [0.05, 0.1) is 19.8 Å². The molecule has 1 aromatic carbocycles. The molecule has 1 aromatic rings. The van der Waals surface area contributed by atoms with E-state index in [9.17, 15) is 0 Å². The molecule has 3 heteroatoms. The third kappa shape index (κ3) is 2.68. The van der Waals surface area contributed by atoms with Crippen LogP contribution in [0.3, 0.4) is 0 Å². The van der Waals surface area contributed by atoms with Gasteiger partial charge in [0.2, 0.25) is 0 Å². The lowest BCUT2D eigenvalue weighted by molar-refractivity contribution is -0.120. The Balaban J connectivity index is 1.59.